The van der Waals surface area contributed by atoms with Gasteiger partial charge in [0.15, 0.2) is 0 Å². The third-order valence-electron chi connectivity index (χ3n) is 4.18. The molecule has 0 unspecified atom stereocenters. The van der Waals surface area contributed by atoms with Gasteiger partial charge in [0.1, 0.15) is 16.9 Å². The van der Waals surface area contributed by atoms with Gasteiger partial charge in [0.2, 0.25) is 11.8 Å². The highest BCUT2D eigenvalue weighted by Gasteiger charge is 2.36. The van der Waals surface area contributed by atoms with E-state index in [-0.39, 0.29) is 6.54 Å². The van der Waals surface area contributed by atoms with Gasteiger partial charge in [-0.1, -0.05) is 29.8 Å². The van der Waals surface area contributed by atoms with Crippen molar-refractivity contribution < 1.29 is 19.1 Å². The number of benzene rings is 2. The normalized spacial score (nSPS) is 10.9. The Kier molecular flexibility index (Phi) is 6.69. The summed E-state index contributed by atoms with van der Waals surface area (Å²) in [5.41, 5.74) is 0.0249. The molecule has 2 aromatic rings. The van der Waals surface area contributed by atoms with E-state index in [9.17, 15) is 9.59 Å². The van der Waals surface area contributed by atoms with E-state index in [1.54, 1.807) is 39.2 Å². The van der Waals surface area contributed by atoms with Crippen molar-refractivity contribution >= 4 is 29.1 Å². The number of carbonyl (C=O) groups excluding carboxylic acids is 2. The molecule has 2 N–H and O–H groups in total. The summed E-state index contributed by atoms with van der Waals surface area (Å²) in [6.45, 7) is 3.38. The molecule has 2 amide bonds. The highest BCUT2D eigenvalue weighted by molar-refractivity contribution is 6.32. The van der Waals surface area contributed by atoms with E-state index in [4.69, 9.17) is 21.1 Å². The molecule has 2 rings (SSSR count). The van der Waals surface area contributed by atoms with Crippen molar-refractivity contribution in [1.29, 1.82) is 0 Å². The van der Waals surface area contributed by atoms with Gasteiger partial charge < -0.3 is 20.1 Å². The molecule has 2 aromatic carbocycles. The molecular formula is C20H23ClN2O4. The minimum atomic E-state index is -1.28. The second-order valence-corrected chi connectivity index (χ2v) is 6.83. The molecule has 0 heterocycles. The monoisotopic (exact) mass is 390 g/mol. The number of ether oxygens (including phenoxy) is 2. The molecule has 0 saturated carbocycles. The second kappa shape index (κ2) is 8.77. The van der Waals surface area contributed by atoms with Crippen LogP contribution >= 0.6 is 11.6 Å². The van der Waals surface area contributed by atoms with E-state index in [1.165, 1.54) is 7.11 Å². The molecule has 0 aliphatic rings. The first kappa shape index (κ1) is 20.6. The minimum Gasteiger partial charge on any atom is -0.496 e. The van der Waals surface area contributed by atoms with Gasteiger partial charge in [-0.15, -0.1) is 0 Å². The van der Waals surface area contributed by atoms with Crippen LogP contribution in [0.15, 0.2) is 42.5 Å². The largest absolute Gasteiger partial charge is 0.496 e. The third kappa shape index (κ3) is 4.92. The Morgan fingerprint density at radius 2 is 1.67 bits per heavy atom. The van der Waals surface area contributed by atoms with E-state index in [2.05, 4.69) is 10.6 Å². The lowest BCUT2D eigenvalue weighted by Gasteiger charge is -2.23. The number of amides is 2. The molecule has 0 fully saturated rings. The number of anilines is 1. The van der Waals surface area contributed by atoms with E-state index >= 15 is 0 Å². The van der Waals surface area contributed by atoms with Gasteiger partial charge in [-0.25, -0.2) is 0 Å². The molecule has 0 aliphatic heterocycles. The Balaban J connectivity index is 2.04. The van der Waals surface area contributed by atoms with Gasteiger partial charge in [-0.3, -0.25) is 9.59 Å². The fourth-order valence-corrected chi connectivity index (χ4v) is 2.64. The lowest BCUT2D eigenvalue weighted by atomic mass is 9.90. The average molecular weight is 391 g/mol. The van der Waals surface area contributed by atoms with Crippen molar-refractivity contribution in [2.45, 2.75) is 20.4 Å². The van der Waals surface area contributed by atoms with Gasteiger partial charge in [0, 0.05) is 17.8 Å². The number of hydrogen-bond donors (Lipinski definition) is 2. The molecule has 144 valence electrons. The Labute approximate surface area is 163 Å². The van der Waals surface area contributed by atoms with Crippen LogP contribution in [0.4, 0.5) is 5.69 Å². The fraction of sp³-hybridized carbons (Fsp3) is 0.300. The maximum atomic E-state index is 12.6. The standard InChI is InChI=1S/C20H23ClN2O4/c1-20(2,18(24)22-12-13-7-5-6-8-16(13)26-3)19(25)23-14-9-10-17(27-4)15(21)11-14/h5-11H,12H2,1-4H3,(H,22,24)(H,23,25). The van der Waals surface area contributed by atoms with Crippen LogP contribution in [0.25, 0.3) is 0 Å². The van der Waals surface area contributed by atoms with Crippen LogP contribution in [-0.2, 0) is 16.1 Å². The van der Waals surface area contributed by atoms with Crippen molar-refractivity contribution in [1.82, 2.24) is 5.32 Å². The van der Waals surface area contributed by atoms with Crippen molar-refractivity contribution in [2.75, 3.05) is 19.5 Å². The predicted molar refractivity (Wildman–Crippen MR) is 105 cm³/mol. The first-order valence-electron chi connectivity index (χ1n) is 8.34. The number of methoxy groups -OCH3 is 2. The maximum absolute atomic E-state index is 12.6. The molecule has 0 atom stereocenters. The number of hydrogen-bond acceptors (Lipinski definition) is 4. The Morgan fingerprint density at radius 1 is 1.00 bits per heavy atom. The Morgan fingerprint density at radius 3 is 2.30 bits per heavy atom. The zero-order valence-corrected chi connectivity index (χ0v) is 16.5. The SMILES string of the molecule is COc1ccc(NC(=O)C(C)(C)C(=O)NCc2ccccc2OC)cc1Cl. The molecule has 0 radical (unpaired) electrons. The highest BCUT2D eigenvalue weighted by atomic mass is 35.5. The van der Waals surface area contributed by atoms with Crippen LogP contribution in [0.3, 0.4) is 0 Å². The van der Waals surface area contributed by atoms with Crippen molar-refractivity contribution in [3.8, 4) is 11.5 Å². The van der Waals surface area contributed by atoms with Gasteiger partial charge in [-0.2, -0.15) is 0 Å². The average Bonchev–Trinajstić information content (AvgIpc) is 2.66. The summed E-state index contributed by atoms with van der Waals surface area (Å²) in [6.07, 6.45) is 0. The van der Waals surface area contributed by atoms with Gasteiger partial charge in [0.25, 0.3) is 0 Å². The molecule has 27 heavy (non-hydrogen) atoms. The molecule has 0 bridgehead atoms. The molecule has 6 nitrogen and oxygen atoms in total. The predicted octanol–water partition coefficient (Wildman–Crippen LogP) is 3.64. The van der Waals surface area contributed by atoms with E-state index < -0.39 is 17.2 Å². The summed E-state index contributed by atoms with van der Waals surface area (Å²) in [4.78, 5) is 25.2. The van der Waals surface area contributed by atoms with Gasteiger partial charge >= 0.3 is 0 Å². The fourth-order valence-electron chi connectivity index (χ4n) is 2.38. The summed E-state index contributed by atoms with van der Waals surface area (Å²) in [6, 6.07) is 12.2. The third-order valence-corrected chi connectivity index (χ3v) is 4.47. The van der Waals surface area contributed by atoms with Gasteiger partial charge in [-0.05, 0) is 38.1 Å². The van der Waals surface area contributed by atoms with Gasteiger partial charge in [0.05, 0.1) is 19.2 Å². The smallest absolute Gasteiger partial charge is 0.239 e. The topological polar surface area (TPSA) is 76.7 Å². The van der Waals surface area contributed by atoms with Crippen LogP contribution in [0.1, 0.15) is 19.4 Å². The van der Waals surface area contributed by atoms with Crippen LogP contribution in [0.5, 0.6) is 11.5 Å². The minimum absolute atomic E-state index is 0.258. The van der Waals surface area contributed by atoms with Crippen LogP contribution in [0, 0.1) is 5.41 Å². The first-order chi connectivity index (χ1) is 12.8. The lowest BCUT2D eigenvalue weighted by molar-refractivity contribution is -0.138. The molecule has 0 saturated heterocycles. The van der Waals surface area contributed by atoms with E-state index in [0.717, 1.165) is 5.56 Å². The number of carbonyl (C=O) groups is 2. The number of halogens is 1. The number of para-hydroxylation sites is 1. The summed E-state index contributed by atoms with van der Waals surface area (Å²) in [5.74, 6) is 0.336. The highest BCUT2D eigenvalue weighted by Crippen LogP contribution is 2.28. The maximum Gasteiger partial charge on any atom is 0.239 e. The van der Waals surface area contributed by atoms with Crippen molar-refractivity contribution in [2.24, 2.45) is 5.41 Å². The quantitative estimate of drug-likeness (QED) is 0.707. The van der Waals surface area contributed by atoms with E-state index in [0.29, 0.717) is 22.2 Å². The Hall–Kier alpha value is -2.73. The Bertz CT molecular complexity index is 836. The number of rotatable bonds is 7. The summed E-state index contributed by atoms with van der Waals surface area (Å²) in [7, 11) is 3.08. The summed E-state index contributed by atoms with van der Waals surface area (Å²) in [5, 5.41) is 5.87. The summed E-state index contributed by atoms with van der Waals surface area (Å²) < 4.78 is 10.4. The van der Waals surface area contributed by atoms with Crippen LogP contribution < -0.4 is 20.1 Å². The molecular weight excluding hydrogens is 368 g/mol. The summed E-state index contributed by atoms with van der Waals surface area (Å²) >= 11 is 6.07. The van der Waals surface area contributed by atoms with Crippen LogP contribution in [-0.4, -0.2) is 26.0 Å². The number of nitrogens with one attached hydrogen (secondary N) is 2. The first-order valence-corrected chi connectivity index (χ1v) is 8.72. The molecule has 7 heteroatoms. The zero-order chi connectivity index (χ0) is 20.0. The van der Waals surface area contributed by atoms with Crippen LogP contribution in [0.2, 0.25) is 5.02 Å². The molecule has 0 aromatic heterocycles. The zero-order valence-electron chi connectivity index (χ0n) is 15.8. The molecule has 0 aliphatic carbocycles. The second-order valence-electron chi connectivity index (χ2n) is 6.42. The van der Waals surface area contributed by atoms with Crippen molar-refractivity contribution in [3.63, 3.8) is 0 Å². The van der Waals surface area contributed by atoms with E-state index in [1.807, 2.05) is 24.3 Å². The lowest BCUT2D eigenvalue weighted by Crippen LogP contribution is -2.44. The van der Waals surface area contributed by atoms with Crippen molar-refractivity contribution in [3.05, 3.63) is 53.1 Å². The molecule has 0 spiro atoms.